The van der Waals surface area contributed by atoms with Crippen LogP contribution < -0.4 is 4.90 Å². The van der Waals surface area contributed by atoms with E-state index in [1.165, 1.54) is 5.56 Å². The normalized spacial score (nSPS) is 11.2. The Morgan fingerprint density at radius 1 is 1.44 bits per heavy atom. The van der Waals surface area contributed by atoms with Crippen molar-refractivity contribution in [1.82, 2.24) is 9.38 Å². The monoisotopic (exact) mass is 279 g/mol. The molecule has 1 N–H and O–H groups in total. The third-order valence-electron chi connectivity index (χ3n) is 2.85. The molecule has 0 saturated carbocycles. The fourth-order valence-corrected chi connectivity index (χ4v) is 3.39. The van der Waals surface area contributed by atoms with Gasteiger partial charge >= 0.3 is 0 Å². The van der Waals surface area contributed by atoms with Crippen LogP contribution in [0.25, 0.3) is 4.96 Å². The number of anilines is 1. The summed E-state index contributed by atoms with van der Waals surface area (Å²) in [5, 5.41) is 15.7. The second-order valence-electron chi connectivity index (χ2n) is 4.08. The average molecular weight is 279 g/mol. The second-order valence-corrected chi connectivity index (χ2v) is 5.74. The van der Waals surface area contributed by atoms with E-state index in [4.69, 9.17) is 0 Å². The lowest BCUT2D eigenvalue weighted by atomic mass is 10.3. The maximum absolute atomic E-state index is 9.52. The molecule has 3 heterocycles. The maximum atomic E-state index is 9.52. The largest absolute Gasteiger partial charge is 0.390 e. The summed E-state index contributed by atoms with van der Waals surface area (Å²) in [7, 11) is 2.00. The summed E-state index contributed by atoms with van der Waals surface area (Å²) in [6.45, 7) is 0.808. The zero-order valence-electron chi connectivity index (χ0n) is 9.91. The van der Waals surface area contributed by atoms with Gasteiger partial charge in [-0.1, -0.05) is 0 Å². The van der Waals surface area contributed by atoms with Crippen molar-refractivity contribution in [2.24, 2.45) is 0 Å². The van der Waals surface area contributed by atoms with Crippen molar-refractivity contribution in [2.75, 3.05) is 11.9 Å². The van der Waals surface area contributed by atoms with Crippen molar-refractivity contribution in [3.05, 3.63) is 39.7 Å². The zero-order valence-corrected chi connectivity index (χ0v) is 11.5. The molecule has 3 rings (SSSR count). The topological polar surface area (TPSA) is 40.8 Å². The van der Waals surface area contributed by atoms with Crippen molar-refractivity contribution < 1.29 is 5.11 Å². The van der Waals surface area contributed by atoms with Gasteiger partial charge in [0, 0.05) is 25.2 Å². The second kappa shape index (κ2) is 4.72. The predicted octanol–water partition coefficient (Wildman–Crippen LogP) is 2.59. The number of nitrogens with zero attached hydrogens (tertiary/aromatic N) is 3. The minimum absolute atomic E-state index is 0.00120. The van der Waals surface area contributed by atoms with E-state index in [2.05, 4.69) is 26.7 Å². The molecule has 94 valence electrons. The van der Waals surface area contributed by atoms with Crippen LogP contribution in [0.1, 0.15) is 11.3 Å². The van der Waals surface area contributed by atoms with E-state index in [-0.39, 0.29) is 6.61 Å². The Balaban J connectivity index is 1.95. The van der Waals surface area contributed by atoms with Crippen molar-refractivity contribution >= 4 is 33.5 Å². The SMILES string of the molecule is CN(Cc1ccsc1)c1nc2sccn2c1CO. The van der Waals surface area contributed by atoms with E-state index < -0.39 is 0 Å². The molecule has 0 aliphatic rings. The Bertz CT molecular complexity index is 641. The van der Waals surface area contributed by atoms with E-state index in [9.17, 15) is 5.11 Å². The molecule has 3 aromatic heterocycles. The van der Waals surface area contributed by atoms with Crippen LogP contribution in [0.5, 0.6) is 0 Å². The highest BCUT2D eigenvalue weighted by Gasteiger charge is 2.16. The third-order valence-corrected chi connectivity index (χ3v) is 4.34. The maximum Gasteiger partial charge on any atom is 0.195 e. The van der Waals surface area contributed by atoms with Gasteiger partial charge in [0.25, 0.3) is 0 Å². The van der Waals surface area contributed by atoms with Crippen LogP contribution >= 0.6 is 22.7 Å². The van der Waals surface area contributed by atoms with Gasteiger partial charge in [-0.15, -0.1) is 11.3 Å². The van der Waals surface area contributed by atoms with Gasteiger partial charge in [0.1, 0.15) is 0 Å². The molecule has 0 atom stereocenters. The van der Waals surface area contributed by atoms with Crippen molar-refractivity contribution in [1.29, 1.82) is 0 Å². The summed E-state index contributed by atoms with van der Waals surface area (Å²) < 4.78 is 1.95. The molecule has 0 aliphatic carbocycles. The van der Waals surface area contributed by atoms with Crippen molar-refractivity contribution in [3.63, 3.8) is 0 Å². The van der Waals surface area contributed by atoms with Gasteiger partial charge in [-0.05, 0) is 22.4 Å². The number of hydrogen-bond donors (Lipinski definition) is 1. The van der Waals surface area contributed by atoms with E-state index in [1.54, 1.807) is 22.7 Å². The summed E-state index contributed by atoms with van der Waals surface area (Å²) in [5.74, 6) is 0.857. The lowest BCUT2D eigenvalue weighted by Crippen LogP contribution is -2.18. The smallest absolute Gasteiger partial charge is 0.195 e. The molecule has 0 saturated heterocycles. The predicted molar refractivity (Wildman–Crippen MR) is 75.4 cm³/mol. The Morgan fingerprint density at radius 3 is 3.06 bits per heavy atom. The van der Waals surface area contributed by atoms with Crippen molar-refractivity contribution in [2.45, 2.75) is 13.2 Å². The van der Waals surface area contributed by atoms with E-state index in [0.717, 1.165) is 23.0 Å². The number of aliphatic hydroxyl groups excluding tert-OH is 1. The van der Waals surface area contributed by atoms with E-state index >= 15 is 0 Å². The Morgan fingerprint density at radius 2 is 2.33 bits per heavy atom. The number of thiazole rings is 1. The molecule has 0 bridgehead atoms. The van der Waals surface area contributed by atoms with Crippen LogP contribution in [-0.2, 0) is 13.2 Å². The van der Waals surface area contributed by atoms with Crippen LogP contribution in [-0.4, -0.2) is 21.5 Å². The Hall–Kier alpha value is -1.37. The average Bonchev–Trinajstić information content (AvgIpc) is 3.03. The summed E-state index contributed by atoms with van der Waals surface area (Å²) in [4.78, 5) is 7.57. The lowest BCUT2D eigenvalue weighted by molar-refractivity contribution is 0.276. The van der Waals surface area contributed by atoms with E-state index in [0.29, 0.717) is 0 Å². The molecule has 0 aliphatic heterocycles. The first-order valence-corrected chi connectivity index (χ1v) is 7.39. The fourth-order valence-electron chi connectivity index (χ4n) is 2.01. The van der Waals surface area contributed by atoms with Crippen LogP contribution in [0.2, 0.25) is 0 Å². The molecule has 4 nitrogen and oxygen atoms in total. The van der Waals surface area contributed by atoms with Crippen LogP contribution in [0.3, 0.4) is 0 Å². The molecule has 0 amide bonds. The summed E-state index contributed by atoms with van der Waals surface area (Å²) in [5.41, 5.74) is 2.12. The highest BCUT2D eigenvalue weighted by atomic mass is 32.1. The Labute approximate surface area is 113 Å². The van der Waals surface area contributed by atoms with Gasteiger partial charge in [-0.2, -0.15) is 11.3 Å². The Kier molecular flexibility index (Phi) is 3.07. The van der Waals surface area contributed by atoms with Gasteiger partial charge in [0.15, 0.2) is 10.8 Å². The first kappa shape index (κ1) is 11.7. The van der Waals surface area contributed by atoms with Gasteiger partial charge in [-0.25, -0.2) is 4.98 Å². The van der Waals surface area contributed by atoms with E-state index in [1.807, 2.05) is 23.0 Å². The number of thiophene rings is 1. The molecule has 6 heteroatoms. The first-order chi connectivity index (χ1) is 8.79. The number of fused-ring (bicyclic) bond motifs is 1. The third kappa shape index (κ3) is 1.92. The number of aliphatic hydroxyl groups is 1. The van der Waals surface area contributed by atoms with Crippen molar-refractivity contribution in [3.8, 4) is 0 Å². The standard InChI is InChI=1S/C12H13N3OS2/c1-14(6-9-2-4-17-8-9)11-10(7-16)15-3-5-18-12(15)13-11/h2-5,8,16H,6-7H2,1H3. The summed E-state index contributed by atoms with van der Waals surface area (Å²) in [6.07, 6.45) is 1.94. The number of imidazole rings is 1. The molecule has 18 heavy (non-hydrogen) atoms. The molecular weight excluding hydrogens is 266 g/mol. The summed E-state index contributed by atoms with van der Waals surface area (Å²) in [6, 6.07) is 2.11. The van der Waals surface area contributed by atoms with Gasteiger partial charge < -0.3 is 10.0 Å². The van der Waals surface area contributed by atoms with Crippen LogP contribution in [0.15, 0.2) is 28.4 Å². The van der Waals surface area contributed by atoms with Crippen LogP contribution in [0.4, 0.5) is 5.82 Å². The lowest BCUT2D eigenvalue weighted by Gasteiger charge is -2.17. The molecular formula is C12H13N3OS2. The highest BCUT2D eigenvalue weighted by molar-refractivity contribution is 7.15. The molecule has 0 aromatic carbocycles. The number of aromatic nitrogens is 2. The molecule has 3 aromatic rings. The fraction of sp³-hybridized carbons (Fsp3) is 0.250. The van der Waals surface area contributed by atoms with Gasteiger partial charge in [0.05, 0.1) is 12.3 Å². The minimum Gasteiger partial charge on any atom is -0.390 e. The molecule has 0 radical (unpaired) electrons. The number of hydrogen-bond acceptors (Lipinski definition) is 5. The summed E-state index contributed by atoms with van der Waals surface area (Å²) >= 11 is 3.27. The van der Waals surface area contributed by atoms with Crippen LogP contribution in [0, 0.1) is 0 Å². The highest BCUT2D eigenvalue weighted by Crippen LogP contribution is 2.25. The van der Waals surface area contributed by atoms with Gasteiger partial charge in [-0.3, -0.25) is 4.40 Å². The quantitative estimate of drug-likeness (QED) is 0.798. The first-order valence-electron chi connectivity index (χ1n) is 5.57. The zero-order chi connectivity index (χ0) is 12.5. The van der Waals surface area contributed by atoms with Gasteiger partial charge in [0.2, 0.25) is 0 Å². The molecule has 0 spiro atoms. The molecule has 0 unspecified atom stereocenters. The molecule has 0 fully saturated rings. The minimum atomic E-state index is 0.00120. The number of rotatable bonds is 4.